The lowest BCUT2D eigenvalue weighted by molar-refractivity contribution is 0.0246. The minimum atomic E-state index is -0.476. The molecule has 4 nitrogen and oxygen atoms in total. The van der Waals surface area contributed by atoms with Crippen molar-refractivity contribution in [2.45, 2.75) is 72.8 Å². The maximum Gasteiger partial charge on any atom is 0.339 e. The highest BCUT2D eigenvalue weighted by atomic mass is 16.5. The molecule has 1 aromatic rings. The zero-order chi connectivity index (χ0) is 19.5. The van der Waals surface area contributed by atoms with Crippen molar-refractivity contribution in [1.82, 2.24) is 0 Å². The van der Waals surface area contributed by atoms with Gasteiger partial charge in [-0.1, -0.05) is 59.6 Å². The van der Waals surface area contributed by atoms with Gasteiger partial charge in [-0.25, -0.2) is 9.59 Å². The van der Waals surface area contributed by atoms with Crippen LogP contribution in [0.2, 0.25) is 0 Å². The SMILES string of the molecule is CCC(CC)CCC(CC)OC(=O)c1ccccc1C(=O)OCC(C)C. The minimum Gasteiger partial charge on any atom is -0.462 e. The average molecular weight is 363 g/mol. The van der Waals surface area contributed by atoms with Crippen molar-refractivity contribution in [2.24, 2.45) is 11.8 Å². The Morgan fingerprint density at radius 1 is 0.885 bits per heavy atom. The van der Waals surface area contributed by atoms with E-state index in [-0.39, 0.29) is 23.1 Å². The molecular weight excluding hydrogens is 328 g/mol. The van der Waals surface area contributed by atoms with Crippen LogP contribution in [0.4, 0.5) is 0 Å². The smallest absolute Gasteiger partial charge is 0.339 e. The molecule has 146 valence electrons. The Bertz CT molecular complexity index is 561. The summed E-state index contributed by atoms with van der Waals surface area (Å²) in [6.07, 6.45) is 4.84. The monoisotopic (exact) mass is 362 g/mol. The van der Waals surface area contributed by atoms with Crippen molar-refractivity contribution in [1.29, 1.82) is 0 Å². The molecule has 0 aliphatic rings. The van der Waals surface area contributed by atoms with E-state index in [1.54, 1.807) is 24.3 Å². The fourth-order valence-electron chi connectivity index (χ4n) is 2.84. The first-order valence-electron chi connectivity index (χ1n) is 9.89. The van der Waals surface area contributed by atoms with Gasteiger partial charge in [0.1, 0.15) is 6.10 Å². The lowest BCUT2D eigenvalue weighted by Gasteiger charge is -2.20. The van der Waals surface area contributed by atoms with Crippen LogP contribution < -0.4 is 0 Å². The standard InChI is InChI=1S/C22H34O4/c1-6-17(7-2)13-14-18(8-3)26-22(24)20-12-10-9-11-19(20)21(23)25-15-16(4)5/h9-12,16-18H,6-8,13-15H2,1-5H3. The molecule has 1 rings (SSSR count). The molecule has 1 unspecified atom stereocenters. The number of carbonyl (C=O) groups is 2. The summed E-state index contributed by atoms with van der Waals surface area (Å²) >= 11 is 0. The van der Waals surface area contributed by atoms with Crippen LogP contribution in [0.3, 0.4) is 0 Å². The van der Waals surface area contributed by atoms with Crippen molar-refractivity contribution in [3.05, 3.63) is 35.4 Å². The Hall–Kier alpha value is -1.84. The molecule has 4 heteroatoms. The molecule has 0 aromatic heterocycles. The van der Waals surface area contributed by atoms with E-state index >= 15 is 0 Å². The van der Waals surface area contributed by atoms with Crippen molar-refractivity contribution in [3.8, 4) is 0 Å². The predicted molar refractivity (Wildman–Crippen MR) is 104 cm³/mol. The van der Waals surface area contributed by atoms with E-state index in [0.29, 0.717) is 12.5 Å². The van der Waals surface area contributed by atoms with E-state index < -0.39 is 11.9 Å². The van der Waals surface area contributed by atoms with E-state index in [2.05, 4.69) is 13.8 Å². The topological polar surface area (TPSA) is 52.6 Å². The van der Waals surface area contributed by atoms with E-state index in [1.165, 1.54) is 0 Å². The number of ether oxygens (including phenoxy) is 2. The molecule has 0 saturated carbocycles. The molecule has 0 aliphatic heterocycles. The Labute approximate surface area is 158 Å². The van der Waals surface area contributed by atoms with Crippen molar-refractivity contribution >= 4 is 11.9 Å². The van der Waals surface area contributed by atoms with Crippen LogP contribution in [0.15, 0.2) is 24.3 Å². The second-order valence-electron chi connectivity index (χ2n) is 7.23. The molecule has 0 N–H and O–H groups in total. The molecular formula is C22H34O4. The second kappa shape index (κ2) is 11.7. The van der Waals surface area contributed by atoms with Gasteiger partial charge in [0.05, 0.1) is 17.7 Å². The second-order valence-corrected chi connectivity index (χ2v) is 7.23. The Morgan fingerprint density at radius 2 is 1.46 bits per heavy atom. The molecule has 0 heterocycles. The van der Waals surface area contributed by atoms with Crippen LogP contribution in [-0.4, -0.2) is 24.6 Å². The summed E-state index contributed by atoms with van der Waals surface area (Å²) in [5, 5.41) is 0. The van der Waals surface area contributed by atoms with Gasteiger partial charge < -0.3 is 9.47 Å². The molecule has 0 aliphatic carbocycles. The zero-order valence-electron chi connectivity index (χ0n) is 16.9. The molecule has 0 radical (unpaired) electrons. The molecule has 0 fully saturated rings. The highest BCUT2D eigenvalue weighted by Crippen LogP contribution is 2.20. The van der Waals surface area contributed by atoms with Crippen LogP contribution in [0.1, 0.15) is 87.4 Å². The third-order valence-electron chi connectivity index (χ3n) is 4.70. The summed E-state index contributed by atoms with van der Waals surface area (Å²) in [6.45, 7) is 10.7. The van der Waals surface area contributed by atoms with E-state index in [9.17, 15) is 9.59 Å². The van der Waals surface area contributed by atoms with Gasteiger partial charge in [-0.05, 0) is 43.2 Å². The van der Waals surface area contributed by atoms with Crippen molar-refractivity contribution in [3.63, 3.8) is 0 Å². The fourth-order valence-corrected chi connectivity index (χ4v) is 2.84. The van der Waals surface area contributed by atoms with Crippen LogP contribution in [-0.2, 0) is 9.47 Å². The number of rotatable bonds is 11. The van der Waals surface area contributed by atoms with Crippen LogP contribution in [0.25, 0.3) is 0 Å². The lowest BCUT2D eigenvalue weighted by atomic mass is 9.95. The molecule has 1 aromatic carbocycles. The van der Waals surface area contributed by atoms with Gasteiger partial charge in [0.25, 0.3) is 0 Å². The van der Waals surface area contributed by atoms with E-state index in [4.69, 9.17) is 9.47 Å². The number of hydrogen-bond acceptors (Lipinski definition) is 4. The van der Waals surface area contributed by atoms with Crippen molar-refractivity contribution < 1.29 is 19.1 Å². The van der Waals surface area contributed by atoms with Gasteiger partial charge >= 0.3 is 11.9 Å². The summed E-state index contributed by atoms with van der Waals surface area (Å²) in [6, 6.07) is 6.71. The summed E-state index contributed by atoms with van der Waals surface area (Å²) in [7, 11) is 0. The fraction of sp³-hybridized carbons (Fsp3) is 0.636. The van der Waals surface area contributed by atoms with Crippen LogP contribution >= 0.6 is 0 Å². The Kier molecular flexibility index (Phi) is 10.0. The maximum atomic E-state index is 12.6. The molecule has 26 heavy (non-hydrogen) atoms. The summed E-state index contributed by atoms with van der Waals surface area (Å²) in [5.41, 5.74) is 0.551. The zero-order valence-corrected chi connectivity index (χ0v) is 16.9. The summed E-state index contributed by atoms with van der Waals surface area (Å²) in [4.78, 5) is 24.9. The average Bonchev–Trinajstić information content (AvgIpc) is 2.65. The van der Waals surface area contributed by atoms with E-state index in [1.807, 2.05) is 20.8 Å². The normalized spacial score (nSPS) is 12.3. The number of benzene rings is 1. The lowest BCUT2D eigenvalue weighted by Crippen LogP contribution is -2.21. The van der Waals surface area contributed by atoms with Gasteiger partial charge in [0.15, 0.2) is 0 Å². The number of carbonyl (C=O) groups excluding carboxylic acids is 2. The predicted octanol–water partition coefficient (Wildman–Crippen LogP) is 5.65. The highest BCUT2D eigenvalue weighted by molar-refractivity contribution is 6.03. The minimum absolute atomic E-state index is 0.122. The van der Waals surface area contributed by atoms with Gasteiger partial charge in [-0.2, -0.15) is 0 Å². The largest absolute Gasteiger partial charge is 0.462 e. The number of esters is 2. The number of hydrogen-bond donors (Lipinski definition) is 0. The van der Waals surface area contributed by atoms with Crippen molar-refractivity contribution in [2.75, 3.05) is 6.61 Å². The van der Waals surface area contributed by atoms with Gasteiger partial charge in [0, 0.05) is 0 Å². The highest BCUT2D eigenvalue weighted by Gasteiger charge is 2.22. The van der Waals surface area contributed by atoms with E-state index in [0.717, 1.165) is 32.1 Å². The molecule has 0 spiro atoms. The Morgan fingerprint density at radius 3 is 1.96 bits per heavy atom. The molecule has 0 amide bonds. The summed E-state index contributed by atoms with van der Waals surface area (Å²) < 4.78 is 11.0. The Balaban J connectivity index is 2.78. The van der Waals surface area contributed by atoms with Gasteiger partial charge in [-0.15, -0.1) is 0 Å². The van der Waals surface area contributed by atoms with Gasteiger partial charge in [0.2, 0.25) is 0 Å². The molecule has 1 atom stereocenters. The quantitative estimate of drug-likeness (QED) is 0.477. The van der Waals surface area contributed by atoms with Gasteiger partial charge in [-0.3, -0.25) is 0 Å². The maximum absolute atomic E-state index is 12.6. The van der Waals surface area contributed by atoms with Crippen LogP contribution in [0, 0.1) is 11.8 Å². The molecule has 0 saturated heterocycles. The first-order chi connectivity index (χ1) is 12.4. The first-order valence-corrected chi connectivity index (χ1v) is 9.89. The third-order valence-corrected chi connectivity index (χ3v) is 4.70. The summed E-state index contributed by atoms with van der Waals surface area (Å²) in [5.74, 6) is -0.0107. The molecule has 0 bridgehead atoms. The third kappa shape index (κ3) is 7.19. The van der Waals surface area contributed by atoms with Crippen LogP contribution in [0.5, 0.6) is 0 Å². The first kappa shape index (κ1) is 22.2.